The highest BCUT2D eigenvalue weighted by Gasteiger charge is 2.04. The first-order chi connectivity index (χ1) is 8.81. The molecule has 0 atom stereocenters. The van der Waals surface area contributed by atoms with E-state index < -0.39 is 0 Å². The van der Waals surface area contributed by atoms with E-state index in [1.165, 1.54) is 0 Å². The van der Waals surface area contributed by atoms with Crippen molar-refractivity contribution in [2.45, 2.75) is 6.42 Å². The number of aromatic amines is 1. The molecule has 5 nitrogen and oxygen atoms in total. The average Bonchev–Trinajstić information content (AvgIpc) is 2.93. The maximum absolute atomic E-state index is 4.39. The summed E-state index contributed by atoms with van der Waals surface area (Å²) < 4.78 is 0. The average molecular weight is 245 g/mol. The van der Waals surface area contributed by atoms with Crippen molar-refractivity contribution in [3.05, 3.63) is 30.9 Å². The van der Waals surface area contributed by atoms with Crippen molar-refractivity contribution in [1.29, 1.82) is 0 Å². The van der Waals surface area contributed by atoms with Gasteiger partial charge in [-0.2, -0.15) is 0 Å². The molecule has 0 aliphatic carbocycles. The van der Waals surface area contributed by atoms with Gasteiger partial charge in [0.05, 0.1) is 0 Å². The maximum atomic E-state index is 4.39. The molecule has 2 aromatic heterocycles. The van der Waals surface area contributed by atoms with Gasteiger partial charge in [-0.15, -0.1) is 0 Å². The lowest BCUT2D eigenvalue weighted by atomic mass is 10.2. The highest BCUT2D eigenvalue weighted by Crippen LogP contribution is 2.17. The number of nitrogens with zero attached hydrogens (tertiary/aromatic N) is 3. The van der Waals surface area contributed by atoms with Crippen molar-refractivity contribution in [2.75, 3.05) is 32.1 Å². The van der Waals surface area contributed by atoms with Crippen LogP contribution < -0.4 is 10.2 Å². The number of nitrogens with one attached hydrogen (secondary N) is 2. The summed E-state index contributed by atoms with van der Waals surface area (Å²) in [5.74, 6) is 0.769. The van der Waals surface area contributed by atoms with Crippen LogP contribution in [0.2, 0.25) is 0 Å². The summed E-state index contributed by atoms with van der Waals surface area (Å²) in [5.41, 5.74) is 2.14. The fourth-order valence-corrected chi connectivity index (χ4v) is 1.76. The van der Waals surface area contributed by atoms with Crippen LogP contribution in [0.3, 0.4) is 0 Å². The van der Waals surface area contributed by atoms with Crippen LogP contribution in [0.1, 0.15) is 6.42 Å². The molecular weight excluding hydrogens is 226 g/mol. The second-order valence-corrected chi connectivity index (χ2v) is 4.25. The Kier molecular flexibility index (Phi) is 4.30. The molecule has 0 radical (unpaired) electrons. The third kappa shape index (κ3) is 3.07. The highest BCUT2D eigenvalue weighted by molar-refractivity contribution is 5.60. The van der Waals surface area contributed by atoms with Crippen LogP contribution in [0, 0.1) is 0 Å². The van der Waals surface area contributed by atoms with Crippen LogP contribution in [0.4, 0.5) is 5.95 Å². The summed E-state index contributed by atoms with van der Waals surface area (Å²) in [4.78, 5) is 13.9. The number of H-pyrrole nitrogens is 1. The third-order valence-electron chi connectivity index (χ3n) is 2.83. The van der Waals surface area contributed by atoms with E-state index in [0.717, 1.165) is 36.6 Å². The van der Waals surface area contributed by atoms with Crippen molar-refractivity contribution < 1.29 is 0 Å². The molecule has 0 unspecified atom stereocenters. The van der Waals surface area contributed by atoms with Crippen LogP contribution in [-0.4, -0.2) is 42.1 Å². The molecule has 2 rings (SSSR count). The van der Waals surface area contributed by atoms with Gasteiger partial charge in [0.15, 0.2) is 0 Å². The molecule has 2 N–H and O–H groups in total. The van der Waals surface area contributed by atoms with Crippen molar-refractivity contribution in [2.24, 2.45) is 0 Å². The van der Waals surface area contributed by atoms with Gasteiger partial charge < -0.3 is 15.2 Å². The van der Waals surface area contributed by atoms with Gasteiger partial charge in [0.1, 0.15) is 0 Å². The van der Waals surface area contributed by atoms with Crippen LogP contribution in [0.15, 0.2) is 30.9 Å². The molecule has 0 saturated heterocycles. The molecule has 2 heterocycles. The van der Waals surface area contributed by atoms with Gasteiger partial charge >= 0.3 is 0 Å². The Balaban J connectivity index is 1.99. The number of anilines is 1. The molecule has 96 valence electrons. The van der Waals surface area contributed by atoms with E-state index in [1.54, 1.807) is 0 Å². The lowest BCUT2D eigenvalue weighted by Gasteiger charge is -2.16. The molecule has 0 amide bonds. The van der Waals surface area contributed by atoms with E-state index in [2.05, 4.69) is 25.2 Å². The lowest BCUT2D eigenvalue weighted by molar-refractivity contribution is 0.704. The highest BCUT2D eigenvalue weighted by atomic mass is 15.2. The van der Waals surface area contributed by atoms with E-state index in [4.69, 9.17) is 0 Å². The fourth-order valence-electron chi connectivity index (χ4n) is 1.76. The predicted octanol–water partition coefficient (Wildman–Crippen LogP) is 1.52. The fraction of sp³-hybridized carbons (Fsp3) is 0.385. The topological polar surface area (TPSA) is 56.8 Å². The Morgan fingerprint density at radius 1 is 1.28 bits per heavy atom. The number of rotatable bonds is 6. The van der Waals surface area contributed by atoms with Gasteiger partial charge in [-0.3, -0.25) is 0 Å². The molecule has 0 saturated carbocycles. The minimum absolute atomic E-state index is 0.769. The third-order valence-corrected chi connectivity index (χ3v) is 2.83. The minimum atomic E-state index is 0.769. The number of hydrogen-bond acceptors (Lipinski definition) is 4. The molecule has 0 aliphatic rings. The Morgan fingerprint density at radius 3 is 2.67 bits per heavy atom. The maximum Gasteiger partial charge on any atom is 0.225 e. The van der Waals surface area contributed by atoms with Gasteiger partial charge in [-0.1, -0.05) is 0 Å². The van der Waals surface area contributed by atoms with Gasteiger partial charge in [-0.05, 0) is 26.1 Å². The van der Waals surface area contributed by atoms with E-state index >= 15 is 0 Å². The molecule has 2 aromatic rings. The number of aromatic nitrogens is 3. The second-order valence-electron chi connectivity index (χ2n) is 4.25. The van der Waals surface area contributed by atoms with Gasteiger partial charge in [0.2, 0.25) is 5.95 Å². The van der Waals surface area contributed by atoms with Crippen LogP contribution in [0.5, 0.6) is 0 Å². The molecule has 0 spiro atoms. The monoisotopic (exact) mass is 245 g/mol. The van der Waals surface area contributed by atoms with Crippen LogP contribution >= 0.6 is 0 Å². The van der Waals surface area contributed by atoms with Gasteiger partial charge in [-0.25, -0.2) is 9.97 Å². The minimum Gasteiger partial charge on any atom is -0.367 e. The van der Waals surface area contributed by atoms with Crippen LogP contribution in [-0.2, 0) is 0 Å². The lowest BCUT2D eigenvalue weighted by Crippen LogP contribution is -2.23. The standard InChI is InChI=1S/C13H19N5/c1-14-5-3-7-18(2)13-16-9-12(10-17-13)11-4-6-15-8-11/h4,6,8-10,14-15H,3,5,7H2,1-2H3. The molecule has 5 heteroatoms. The van der Waals surface area contributed by atoms with Crippen molar-refractivity contribution in [3.63, 3.8) is 0 Å². The summed E-state index contributed by atoms with van der Waals surface area (Å²) in [6.07, 6.45) is 8.64. The SMILES string of the molecule is CNCCCN(C)c1ncc(-c2cc[nH]c2)cn1. The van der Waals surface area contributed by atoms with E-state index in [0.29, 0.717) is 0 Å². The normalized spacial score (nSPS) is 10.6. The summed E-state index contributed by atoms with van der Waals surface area (Å²) in [6, 6.07) is 2.01. The molecule has 0 aliphatic heterocycles. The first-order valence-corrected chi connectivity index (χ1v) is 6.12. The van der Waals surface area contributed by atoms with Crippen molar-refractivity contribution >= 4 is 5.95 Å². The quantitative estimate of drug-likeness (QED) is 0.758. The molecule has 0 bridgehead atoms. The zero-order chi connectivity index (χ0) is 12.8. The van der Waals surface area contributed by atoms with Crippen molar-refractivity contribution in [3.8, 4) is 11.1 Å². The Bertz CT molecular complexity index is 449. The Morgan fingerprint density at radius 2 is 2.06 bits per heavy atom. The Hall–Kier alpha value is -1.88. The van der Waals surface area contributed by atoms with Crippen LogP contribution in [0.25, 0.3) is 11.1 Å². The summed E-state index contributed by atoms with van der Waals surface area (Å²) in [7, 11) is 3.98. The summed E-state index contributed by atoms with van der Waals surface area (Å²) in [6.45, 7) is 1.95. The first kappa shape index (κ1) is 12.6. The second kappa shape index (κ2) is 6.16. The molecule has 0 aromatic carbocycles. The van der Waals surface area contributed by atoms with E-state index in [9.17, 15) is 0 Å². The molecular formula is C13H19N5. The Labute approximate surface area is 107 Å². The van der Waals surface area contributed by atoms with Crippen molar-refractivity contribution in [1.82, 2.24) is 20.3 Å². The van der Waals surface area contributed by atoms with E-state index in [1.807, 2.05) is 44.9 Å². The zero-order valence-corrected chi connectivity index (χ0v) is 10.8. The molecule has 18 heavy (non-hydrogen) atoms. The largest absolute Gasteiger partial charge is 0.367 e. The summed E-state index contributed by atoms with van der Waals surface area (Å²) >= 11 is 0. The smallest absolute Gasteiger partial charge is 0.225 e. The summed E-state index contributed by atoms with van der Waals surface area (Å²) in [5, 5.41) is 3.13. The predicted molar refractivity (Wildman–Crippen MR) is 73.6 cm³/mol. The first-order valence-electron chi connectivity index (χ1n) is 6.12. The van der Waals surface area contributed by atoms with Gasteiger partial charge in [0, 0.05) is 49.5 Å². The van der Waals surface area contributed by atoms with E-state index in [-0.39, 0.29) is 0 Å². The van der Waals surface area contributed by atoms with Gasteiger partial charge in [0.25, 0.3) is 0 Å². The molecule has 0 fully saturated rings. The zero-order valence-electron chi connectivity index (χ0n) is 10.8. The number of hydrogen-bond donors (Lipinski definition) is 2.